The van der Waals surface area contributed by atoms with Gasteiger partial charge in [-0.15, -0.1) is 0 Å². The molecular weight excluding hydrogens is 291 g/mol. The van der Waals surface area contributed by atoms with E-state index in [9.17, 15) is 4.39 Å². The fraction of sp³-hybridized carbons (Fsp3) is 0.250. The molecule has 2 aromatic rings. The molecule has 0 saturated heterocycles. The van der Waals surface area contributed by atoms with E-state index in [4.69, 9.17) is 22.1 Å². The number of halogens is 2. The lowest BCUT2D eigenvalue weighted by Gasteiger charge is -2.28. The first-order valence-corrected chi connectivity index (χ1v) is 7.17. The number of hydrogen-bond donors (Lipinski definition) is 2. The Morgan fingerprint density at radius 1 is 1.33 bits per heavy atom. The second kappa shape index (κ2) is 5.54. The number of fused-ring (bicyclic) bond motifs is 1. The lowest BCUT2D eigenvalue weighted by atomic mass is 9.98. The van der Waals surface area contributed by atoms with Gasteiger partial charge in [0.05, 0.1) is 12.2 Å². The maximum atomic E-state index is 13.9. The van der Waals surface area contributed by atoms with Crippen molar-refractivity contribution >= 4 is 17.3 Å². The van der Waals surface area contributed by atoms with E-state index in [1.54, 1.807) is 6.07 Å². The Labute approximate surface area is 127 Å². The molecule has 0 spiro atoms. The van der Waals surface area contributed by atoms with Crippen molar-refractivity contribution in [3.8, 4) is 16.9 Å². The van der Waals surface area contributed by atoms with E-state index >= 15 is 0 Å². The third-order valence-corrected chi connectivity index (χ3v) is 3.84. The minimum absolute atomic E-state index is 0.116. The first-order chi connectivity index (χ1) is 10.1. The molecule has 0 aliphatic carbocycles. The van der Waals surface area contributed by atoms with Crippen molar-refractivity contribution in [3.63, 3.8) is 0 Å². The number of benzene rings is 2. The average molecular weight is 307 g/mol. The van der Waals surface area contributed by atoms with Crippen LogP contribution in [0.15, 0.2) is 30.3 Å². The molecule has 3 nitrogen and oxygen atoms in total. The highest BCUT2D eigenvalue weighted by Crippen LogP contribution is 2.41. The summed E-state index contributed by atoms with van der Waals surface area (Å²) in [4.78, 5) is 0. The van der Waals surface area contributed by atoms with Crippen molar-refractivity contribution in [3.05, 3.63) is 46.7 Å². The molecule has 0 aromatic heterocycles. The normalized spacial score (nSPS) is 16.9. The number of aryl methyl sites for hydroxylation is 1. The molecule has 1 unspecified atom stereocenters. The predicted octanol–water partition coefficient (Wildman–Crippen LogP) is 3.59. The summed E-state index contributed by atoms with van der Waals surface area (Å²) < 4.78 is 19.8. The van der Waals surface area contributed by atoms with Crippen LogP contribution in [0.5, 0.6) is 5.75 Å². The van der Waals surface area contributed by atoms with Crippen LogP contribution >= 0.6 is 11.6 Å². The van der Waals surface area contributed by atoms with Crippen LogP contribution in [0.2, 0.25) is 5.02 Å². The quantitative estimate of drug-likeness (QED) is 0.891. The van der Waals surface area contributed by atoms with E-state index in [1.807, 2.05) is 19.1 Å². The Hall–Kier alpha value is -1.78. The van der Waals surface area contributed by atoms with E-state index in [-0.39, 0.29) is 11.9 Å². The number of hydrogen-bond acceptors (Lipinski definition) is 3. The highest BCUT2D eigenvalue weighted by Gasteiger charge is 2.23. The van der Waals surface area contributed by atoms with E-state index in [1.165, 1.54) is 12.1 Å². The summed E-state index contributed by atoms with van der Waals surface area (Å²) in [5, 5.41) is 3.83. The van der Waals surface area contributed by atoms with Crippen LogP contribution in [0.4, 0.5) is 10.1 Å². The van der Waals surface area contributed by atoms with Gasteiger partial charge in [-0.05, 0) is 36.2 Å². The third-order valence-electron chi connectivity index (χ3n) is 3.60. The average Bonchev–Trinajstić information content (AvgIpc) is 2.46. The molecule has 1 aliphatic rings. The lowest BCUT2D eigenvalue weighted by molar-refractivity contribution is 0.215. The number of nitrogens with one attached hydrogen (secondary N) is 1. The zero-order valence-corrected chi connectivity index (χ0v) is 12.4. The highest BCUT2D eigenvalue weighted by atomic mass is 35.5. The zero-order chi connectivity index (χ0) is 15.0. The van der Waals surface area contributed by atoms with Crippen LogP contribution in [0.25, 0.3) is 11.1 Å². The Morgan fingerprint density at radius 2 is 2.14 bits per heavy atom. The molecule has 0 radical (unpaired) electrons. The smallest absolute Gasteiger partial charge is 0.151 e. The molecule has 1 heterocycles. The SMILES string of the molecule is Cc1cc(Cl)ccc1-c1cc(F)cc2c1OC(CN)CN2. The van der Waals surface area contributed by atoms with Crippen molar-refractivity contribution in [1.29, 1.82) is 0 Å². The second-order valence-corrected chi connectivity index (χ2v) is 5.58. The van der Waals surface area contributed by atoms with Crippen LogP contribution < -0.4 is 15.8 Å². The number of nitrogens with two attached hydrogens (primary N) is 1. The van der Waals surface area contributed by atoms with E-state index in [2.05, 4.69) is 5.32 Å². The zero-order valence-electron chi connectivity index (χ0n) is 11.6. The maximum Gasteiger partial charge on any atom is 0.151 e. The van der Waals surface area contributed by atoms with Crippen LogP contribution in [0.1, 0.15) is 5.56 Å². The molecule has 0 saturated carbocycles. The van der Waals surface area contributed by atoms with E-state index in [0.29, 0.717) is 35.1 Å². The van der Waals surface area contributed by atoms with E-state index < -0.39 is 0 Å². The largest absolute Gasteiger partial charge is 0.484 e. The fourth-order valence-corrected chi connectivity index (χ4v) is 2.77. The van der Waals surface area contributed by atoms with Gasteiger partial charge >= 0.3 is 0 Å². The predicted molar refractivity (Wildman–Crippen MR) is 83.5 cm³/mol. The number of rotatable bonds is 2. The molecule has 2 aromatic carbocycles. The van der Waals surface area contributed by atoms with Crippen molar-refractivity contribution in [2.24, 2.45) is 5.73 Å². The van der Waals surface area contributed by atoms with Crippen molar-refractivity contribution in [2.45, 2.75) is 13.0 Å². The second-order valence-electron chi connectivity index (χ2n) is 5.15. The van der Waals surface area contributed by atoms with Crippen molar-refractivity contribution in [1.82, 2.24) is 0 Å². The fourth-order valence-electron chi connectivity index (χ4n) is 2.54. The van der Waals surface area contributed by atoms with Gasteiger partial charge in [-0.2, -0.15) is 0 Å². The molecule has 3 N–H and O–H groups in total. The molecule has 0 amide bonds. The van der Waals surface area contributed by atoms with Gasteiger partial charge in [0.15, 0.2) is 5.75 Å². The molecular formula is C16H16ClFN2O. The molecule has 1 atom stereocenters. The number of ether oxygens (including phenoxy) is 1. The minimum atomic E-state index is -0.305. The number of anilines is 1. The van der Waals surface area contributed by atoms with Crippen LogP contribution in [-0.4, -0.2) is 19.2 Å². The molecule has 5 heteroatoms. The van der Waals surface area contributed by atoms with Gasteiger partial charge in [-0.1, -0.05) is 17.7 Å². The topological polar surface area (TPSA) is 47.3 Å². The molecule has 0 bridgehead atoms. The summed E-state index contributed by atoms with van der Waals surface area (Å²) in [6.45, 7) is 2.92. The van der Waals surface area contributed by atoms with Gasteiger partial charge in [0.2, 0.25) is 0 Å². The maximum absolute atomic E-state index is 13.9. The van der Waals surface area contributed by atoms with Gasteiger partial charge in [0.25, 0.3) is 0 Å². The first-order valence-electron chi connectivity index (χ1n) is 6.79. The van der Waals surface area contributed by atoms with Crippen LogP contribution in [0.3, 0.4) is 0 Å². The molecule has 3 rings (SSSR count). The third kappa shape index (κ3) is 2.69. The van der Waals surface area contributed by atoms with Gasteiger partial charge in [-0.3, -0.25) is 0 Å². The van der Waals surface area contributed by atoms with Crippen molar-refractivity contribution < 1.29 is 9.13 Å². The Bertz CT molecular complexity index is 690. The summed E-state index contributed by atoms with van der Waals surface area (Å²) in [6.07, 6.45) is -0.116. The highest BCUT2D eigenvalue weighted by molar-refractivity contribution is 6.30. The Kier molecular flexibility index (Phi) is 3.74. The minimum Gasteiger partial charge on any atom is -0.484 e. The molecule has 1 aliphatic heterocycles. The van der Waals surface area contributed by atoms with Gasteiger partial charge in [0, 0.05) is 23.2 Å². The van der Waals surface area contributed by atoms with Gasteiger partial charge < -0.3 is 15.8 Å². The van der Waals surface area contributed by atoms with E-state index in [0.717, 1.165) is 11.1 Å². The van der Waals surface area contributed by atoms with Gasteiger partial charge in [-0.25, -0.2) is 4.39 Å². The summed E-state index contributed by atoms with van der Waals surface area (Å²) in [7, 11) is 0. The van der Waals surface area contributed by atoms with Crippen molar-refractivity contribution in [2.75, 3.05) is 18.4 Å². The summed E-state index contributed by atoms with van der Waals surface area (Å²) in [6, 6.07) is 8.44. The molecule has 110 valence electrons. The van der Waals surface area contributed by atoms with Gasteiger partial charge in [0.1, 0.15) is 11.9 Å². The Morgan fingerprint density at radius 3 is 2.86 bits per heavy atom. The summed E-state index contributed by atoms with van der Waals surface area (Å²) in [5.74, 6) is 0.337. The van der Waals surface area contributed by atoms with Crippen LogP contribution in [-0.2, 0) is 0 Å². The Balaban J connectivity index is 2.16. The lowest BCUT2D eigenvalue weighted by Crippen LogP contribution is -2.37. The summed E-state index contributed by atoms with van der Waals surface area (Å²) in [5.41, 5.74) is 8.91. The molecule has 0 fully saturated rings. The standard InChI is InChI=1S/C16H16ClFN2O/c1-9-4-10(17)2-3-13(9)14-5-11(18)6-15-16(14)21-12(7-19)8-20-15/h2-6,12,20H,7-8,19H2,1H3. The monoisotopic (exact) mass is 306 g/mol. The van der Waals surface area contributed by atoms with Crippen LogP contribution in [0, 0.1) is 12.7 Å². The summed E-state index contributed by atoms with van der Waals surface area (Å²) >= 11 is 5.99. The first kappa shape index (κ1) is 14.2. The molecule has 21 heavy (non-hydrogen) atoms.